The summed E-state index contributed by atoms with van der Waals surface area (Å²) in [5.74, 6) is 1.55. The summed E-state index contributed by atoms with van der Waals surface area (Å²) in [6.45, 7) is 7.51. The van der Waals surface area contributed by atoms with Crippen molar-refractivity contribution in [1.29, 1.82) is 0 Å². The van der Waals surface area contributed by atoms with Crippen molar-refractivity contribution in [2.24, 2.45) is 0 Å². The summed E-state index contributed by atoms with van der Waals surface area (Å²) in [5, 5.41) is 0.459. The third kappa shape index (κ3) is 6.82. The van der Waals surface area contributed by atoms with Crippen LogP contribution in [-0.4, -0.2) is 63.3 Å². The van der Waals surface area contributed by atoms with Crippen LogP contribution < -0.4 is 15.0 Å². The van der Waals surface area contributed by atoms with Crippen LogP contribution in [0.25, 0.3) is 10.9 Å². The van der Waals surface area contributed by atoms with Crippen molar-refractivity contribution in [2.75, 3.05) is 53.4 Å². The van der Waals surface area contributed by atoms with Gasteiger partial charge >= 0.3 is 0 Å². The number of hydrogen-bond donors (Lipinski definition) is 1. The second-order valence-corrected chi connectivity index (χ2v) is 5.86. The van der Waals surface area contributed by atoms with Crippen LogP contribution in [0.3, 0.4) is 0 Å². The van der Waals surface area contributed by atoms with E-state index in [1.54, 1.807) is 19.1 Å². The average Bonchev–Trinajstić information content (AvgIpc) is 2.65. The highest BCUT2D eigenvalue weighted by Crippen LogP contribution is 2.30. The largest absolute Gasteiger partial charge is 0.493 e. The molecule has 0 fully saturated rings. The molecule has 0 radical (unpaired) electrons. The summed E-state index contributed by atoms with van der Waals surface area (Å²) in [5.41, 5.74) is 0.359. The van der Waals surface area contributed by atoms with E-state index in [4.69, 9.17) is 23.7 Å². The molecule has 1 N–H and O–H groups in total. The lowest BCUT2D eigenvalue weighted by molar-refractivity contribution is 0.00934. The molecule has 0 bridgehead atoms. The smallest absolute Gasteiger partial charge is 0.258 e. The molecular weight excluding hydrogens is 352 g/mol. The van der Waals surface area contributed by atoms with Gasteiger partial charge in [-0.3, -0.25) is 4.79 Å². The first-order valence-electron chi connectivity index (χ1n) is 9.10. The number of nitrogens with zero attached hydrogens (tertiary/aromatic N) is 1. The SMILES string of the molecule is CCCOCCOCCOCCOc1cc2nc(C)[nH]c(=O)c2cc1OC. The number of H-pyrrole nitrogens is 1. The number of methoxy groups -OCH3 is 1. The molecule has 0 aliphatic heterocycles. The van der Waals surface area contributed by atoms with Crippen LogP contribution in [0, 0.1) is 6.92 Å². The zero-order chi connectivity index (χ0) is 19.5. The number of aromatic amines is 1. The molecule has 0 spiro atoms. The molecular formula is C19H28N2O6. The van der Waals surface area contributed by atoms with Crippen molar-refractivity contribution < 1.29 is 23.7 Å². The highest BCUT2D eigenvalue weighted by atomic mass is 16.6. The summed E-state index contributed by atoms with van der Waals surface area (Å²) in [6.07, 6.45) is 1.01. The number of benzene rings is 1. The van der Waals surface area contributed by atoms with Crippen molar-refractivity contribution in [3.63, 3.8) is 0 Å². The van der Waals surface area contributed by atoms with E-state index >= 15 is 0 Å². The average molecular weight is 380 g/mol. The van der Waals surface area contributed by atoms with Gasteiger partial charge in [0.05, 0.1) is 51.0 Å². The van der Waals surface area contributed by atoms with E-state index in [0.717, 1.165) is 13.0 Å². The Morgan fingerprint density at radius 2 is 1.56 bits per heavy atom. The minimum atomic E-state index is -0.203. The zero-order valence-electron chi connectivity index (χ0n) is 16.2. The molecule has 2 aromatic rings. The summed E-state index contributed by atoms with van der Waals surface area (Å²) in [6, 6.07) is 3.33. The number of aromatic nitrogens is 2. The number of aryl methyl sites for hydroxylation is 1. The van der Waals surface area contributed by atoms with Crippen LogP contribution in [0.2, 0.25) is 0 Å². The summed E-state index contributed by atoms with van der Waals surface area (Å²) in [4.78, 5) is 19.0. The number of hydrogen-bond acceptors (Lipinski definition) is 7. The first-order chi connectivity index (χ1) is 13.2. The number of ether oxygens (including phenoxy) is 5. The molecule has 1 heterocycles. The van der Waals surface area contributed by atoms with Gasteiger partial charge in [0, 0.05) is 12.7 Å². The maximum absolute atomic E-state index is 12.0. The molecule has 0 saturated carbocycles. The van der Waals surface area contributed by atoms with Crippen LogP contribution >= 0.6 is 0 Å². The van der Waals surface area contributed by atoms with Gasteiger partial charge < -0.3 is 28.7 Å². The third-order valence-corrected chi connectivity index (χ3v) is 3.69. The van der Waals surface area contributed by atoms with Crippen molar-refractivity contribution in [2.45, 2.75) is 20.3 Å². The molecule has 0 unspecified atom stereocenters. The second-order valence-electron chi connectivity index (χ2n) is 5.86. The number of rotatable bonds is 13. The Morgan fingerprint density at radius 1 is 0.926 bits per heavy atom. The van der Waals surface area contributed by atoms with Gasteiger partial charge in [0.2, 0.25) is 0 Å². The Balaban J connectivity index is 1.74. The highest BCUT2D eigenvalue weighted by molar-refractivity contribution is 5.81. The predicted molar refractivity (Wildman–Crippen MR) is 102 cm³/mol. The van der Waals surface area contributed by atoms with E-state index in [-0.39, 0.29) is 5.56 Å². The first-order valence-corrected chi connectivity index (χ1v) is 9.10. The number of nitrogens with one attached hydrogen (secondary N) is 1. The molecule has 8 heteroatoms. The fourth-order valence-corrected chi connectivity index (χ4v) is 2.43. The molecule has 1 aromatic carbocycles. The van der Waals surface area contributed by atoms with Gasteiger partial charge in [0.1, 0.15) is 12.4 Å². The Morgan fingerprint density at radius 3 is 2.19 bits per heavy atom. The van der Waals surface area contributed by atoms with E-state index in [2.05, 4.69) is 16.9 Å². The monoisotopic (exact) mass is 380 g/mol. The van der Waals surface area contributed by atoms with Crippen molar-refractivity contribution in [1.82, 2.24) is 9.97 Å². The Hall–Kier alpha value is -2.16. The van der Waals surface area contributed by atoms with E-state index in [9.17, 15) is 4.79 Å². The fourth-order valence-electron chi connectivity index (χ4n) is 2.43. The van der Waals surface area contributed by atoms with Gasteiger partial charge in [-0.1, -0.05) is 6.92 Å². The van der Waals surface area contributed by atoms with E-state index in [1.807, 2.05) is 0 Å². The van der Waals surface area contributed by atoms with Gasteiger partial charge in [0.15, 0.2) is 11.5 Å². The Labute approximate surface area is 158 Å². The van der Waals surface area contributed by atoms with E-state index in [1.165, 1.54) is 7.11 Å². The number of fused-ring (bicyclic) bond motifs is 1. The van der Waals surface area contributed by atoms with Gasteiger partial charge in [-0.05, 0) is 19.4 Å². The molecule has 0 atom stereocenters. The van der Waals surface area contributed by atoms with Crippen LogP contribution in [0.4, 0.5) is 0 Å². The summed E-state index contributed by atoms with van der Waals surface area (Å²) in [7, 11) is 1.53. The molecule has 8 nitrogen and oxygen atoms in total. The summed E-state index contributed by atoms with van der Waals surface area (Å²) >= 11 is 0. The molecule has 0 saturated heterocycles. The zero-order valence-corrected chi connectivity index (χ0v) is 16.2. The Kier molecular flexibility index (Phi) is 9.03. The minimum Gasteiger partial charge on any atom is -0.493 e. The fraction of sp³-hybridized carbons (Fsp3) is 0.579. The molecule has 0 aliphatic rings. The topological polar surface area (TPSA) is 91.9 Å². The lowest BCUT2D eigenvalue weighted by atomic mass is 10.2. The summed E-state index contributed by atoms with van der Waals surface area (Å²) < 4.78 is 27.2. The molecule has 0 amide bonds. The Bertz CT molecular complexity index is 762. The van der Waals surface area contributed by atoms with Crippen LogP contribution in [0.1, 0.15) is 19.2 Å². The first kappa shape index (κ1) is 21.1. The van der Waals surface area contributed by atoms with Gasteiger partial charge in [-0.15, -0.1) is 0 Å². The van der Waals surface area contributed by atoms with Gasteiger partial charge in [-0.25, -0.2) is 4.98 Å². The second kappa shape index (κ2) is 11.5. The van der Waals surface area contributed by atoms with Gasteiger partial charge in [-0.2, -0.15) is 0 Å². The van der Waals surface area contributed by atoms with Crippen molar-refractivity contribution in [3.05, 3.63) is 28.3 Å². The predicted octanol–water partition coefficient (Wildman–Crippen LogP) is 2.08. The van der Waals surface area contributed by atoms with Crippen LogP contribution in [0.15, 0.2) is 16.9 Å². The quantitative estimate of drug-likeness (QED) is 0.532. The maximum atomic E-state index is 12.0. The molecule has 0 aliphatic carbocycles. The molecule has 27 heavy (non-hydrogen) atoms. The molecule has 150 valence electrons. The third-order valence-electron chi connectivity index (χ3n) is 3.69. The lowest BCUT2D eigenvalue weighted by Crippen LogP contribution is -2.13. The lowest BCUT2D eigenvalue weighted by Gasteiger charge is -2.12. The standard InChI is InChI=1S/C19H28N2O6/c1-4-5-24-6-7-25-8-9-26-10-11-27-18-13-16-15(12-17(18)23-3)19(22)21-14(2)20-16/h12-13H,4-11H2,1-3H3,(H,20,21,22). The van der Waals surface area contributed by atoms with Crippen LogP contribution in [0.5, 0.6) is 11.5 Å². The van der Waals surface area contributed by atoms with Crippen LogP contribution in [-0.2, 0) is 14.2 Å². The van der Waals surface area contributed by atoms with Crippen molar-refractivity contribution >= 4 is 10.9 Å². The highest BCUT2D eigenvalue weighted by Gasteiger charge is 2.10. The molecule has 2 rings (SSSR count). The maximum Gasteiger partial charge on any atom is 0.258 e. The minimum absolute atomic E-state index is 0.203. The van der Waals surface area contributed by atoms with E-state index in [0.29, 0.717) is 67.9 Å². The van der Waals surface area contributed by atoms with E-state index < -0.39 is 0 Å². The van der Waals surface area contributed by atoms with Gasteiger partial charge in [0.25, 0.3) is 5.56 Å². The normalized spacial score (nSPS) is 11.1. The van der Waals surface area contributed by atoms with Crippen molar-refractivity contribution in [3.8, 4) is 11.5 Å². The molecule has 1 aromatic heterocycles.